The molecule has 2 aliphatic rings. The smallest absolute Gasteiger partial charge is 0.329 e. The van der Waals surface area contributed by atoms with Gasteiger partial charge in [0.05, 0.1) is 12.8 Å². The molecule has 10 nitrogen and oxygen atoms in total. The van der Waals surface area contributed by atoms with Gasteiger partial charge in [0.25, 0.3) is 5.91 Å². The zero-order chi connectivity index (χ0) is 25.4. The van der Waals surface area contributed by atoms with Crippen LogP contribution >= 0.6 is 0 Å². The van der Waals surface area contributed by atoms with Crippen molar-refractivity contribution in [2.75, 3.05) is 25.8 Å². The molecule has 2 N–H and O–H groups in total. The third-order valence-electron chi connectivity index (χ3n) is 6.03. The van der Waals surface area contributed by atoms with Gasteiger partial charge in [0.2, 0.25) is 12.7 Å². The van der Waals surface area contributed by atoms with Crippen molar-refractivity contribution in [1.29, 1.82) is 0 Å². The number of ether oxygens (including phenoxy) is 3. The summed E-state index contributed by atoms with van der Waals surface area (Å²) in [6, 6.07) is 13.8. The molecule has 1 aromatic heterocycles. The van der Waals surface area contributed by atoms with Gasteiger partial charge in [-0.15, -0.1) is 0 Å². The van der Waals surface area contributed by atoms with Crippen LogP contribution in [0.15, 0.2) is 54.2 Å². The maximum Gasteiger partial charge on any atom is 0.329 e. The molecule has 1 fully saturated rings. The molecule has 184 valence electrons. The van der Waals surface area contributed by atoms with E-state index in [2.05, 4.69) is 10.6 Å². The first-order valence-electron chi connectivity index (χ1n) is 11.2. The molecule has 4 amide bonds. The van der Waals surface area contributed by atoms with Gasteiger partial charge in [-0.2, -0.15) is 0 Å². The third kappa shape index (κ3) is 4.13. The topological polar surface area (TPSA) is 111 Å². The Morgan fingerprint density at radius 3 is 2.69 bits per heavy atom. The molecule has 3 aromatic rings. The van der Waals surface area contributed by atoms with Crippen molar-refractivity contribution in [2.45, 2.75) is 13.8 Å². The average Bonchev–Trinajstić information content (AvgIpc) is 3.51. The summed E-state index contributed by atoms with van der Waals surface area (Å²) in [5.41, 5.74) is 3.99. The maximum absolute atomic E-state index is 13.0. The first kappa shape index (κ1) is 23.0. The normalized spacial score (nSPS) is 15.4. The number of anilines is 1. The minimum atomic E-state index is -0.661. The van der Waals surface area contributed by atoms with Crippen LogP contribution in [0.4, 0.5) is 10.5 Å². The summed E-state index contributed by atoms with van der Waals surface area (Å²) in [7, 11) is 1.49. The summed E-state index contributed by atoms with van der Waals surface area (Å²) in [5.74, 6) is 0.729. The van der Waals surface area contributed by atoms with E-state index < -0.39 is 24.4 Å². The standard InChI is InChI=1S/C26H24N4O6/c1-15-10-17(16(2)30(15)18-8-9-22-23(12-18)36-14-35-22)11-20-25(32)29(26(33)28-20)13-24(31)27-19-6-4-5-7-21(19)34-3/h4-12H,13-14H2,1-3H3,(H,27,31)(H,28,33)/b20-11+. The van der Waals surface area contributed by atoms with Gasteiger partial charge < -0.3 is 29.4 Å². The Hall–Kier alpha value is -4.73. The molecule has 2 aromatic carbocycles. The van der Waals surface area contributed by atoms with Gasteiger partial charge in [0.1, 0.15) is 18.0 Å². The number of imide groups is 1. The quantitative estimate of drug-likeness (QED) is 0.407. The summed E-state index contributed by atoms with van der Waals surface area (Å²) >= 11 is 0. The van der Waals surface area contributed by atoms with Gasteiger partial charge >= 0.3 is 6.03 Å². The third-order valence-corrected chi connectivity index (χ3v) is 6.03. The second-order valence-electron chi connectivity index (χ2n) is 8.33. The molecule has 0 atom stereocenters. The number of urea groups is 1. The summed E-state index contributed by atoms with van der Waals surface area (Å²) < 4.78 is 18.1. The Morgan fingerprint density at radius 1 is 1.11 bits per heavy atom. The number of carbonyl (C=O) groups excluding carboxylic acids is 3. The van der Waals surface area contributed by atoms with Crippen LogP contribution in [0.5, 0.6) is 17.2 Å². The van der Waals surface area contributed by atoms with Gasteiger partial charge in [-0.25, -0.2) is 9.69 Å². The number of amides is 4. The lowest BCUT2D eigenvalue weighted by molar-refractivity contribution is -0.127. The number of carbonyl (C=O) groups is 3. The minimum absolute atomic E-state index is 0.0935. The Labute approximate surface area is 207 Å². The number of benzene rings is 2. The van der Waals surface area contributed by atoms with E-state index in [1.807, 2.05) is 42.7 Å². The van der Waals surface area contributed by atoms with Gasteiger partial charge in [0.15, 0.2) is 11.5 Å². The van der Waals surface area contributed by atoms with Crippen LogP contribution in [0.3, 0.4) is 0 Å². The van der Waals surface area contributed by atoms with Crippen LogP contribution in [0, 0.1) is 13.8 Å². The first-order chi connectivity index (χ1) is 17.4. The largest absolute Gasteiger partial charge is 0.495 e. The number of para-hydroxylation sites is 2. The van der Waals surface area contributed by atoms with E-state index in [1.54, 1.807) is 30.3 Å². The number of aromatic nitrogens is 1. The van der Waals surface area contributed by atoms with E-state index in [0.29, 0.717) is 22.9 Å². The highest BCUT2D eigenvalue weighted by Crippen LogP contribution is 2.35. The summed E-state index contributed by atoms with van der Waals surface area (Å²) in [5, 5.41) is 5.24. The number of nitrogens with one attached hydrogen (secondary N) is 2. The lowest BCUT2D eigenvalue weighted by atomic mass is 10.2. The van der Waals surface area contributed by atoms with Crippen molar-refractivity contribution in [3.05, 3.63) is 71.2 Å². The van der Waals surface area contributed by atoms with Gasteiger partial charge in [-0.1, -0.05) is 12.1 Å². The highest BCUT2D eigenvalue weighted by molar-refractivity contribution is 6.16. The fraction of sp³-hybridized carbons (Fsp3) is 0.192. The molecule has 36 heavy (non-hydrogen) atoms. The van der Waals surface area contributed by atoms with E-state index in [4.69, 9.17) is 14.2 Å². The highest BCUT2D eigenvalue weighted by atomic mass is 16.7. The highest BCUT2D eigenvalue weighted by Gasteiger charge is 2.35. The number of hydrogen-bond donors (Lipinski definition) is 2. The second kappa shape index (κ2) is 9.14. The van der Waals surface area contributed by atoms with Crippen LogP contribution in [0.2, 0.25) is 0 Å². The van der Waals surface area contributed by atoms with Crippen LogP contribution in [0.1, 0.15) is 17.0 Å². The summed E-state index contributed by atoms with van der Waals surface area (Å²) in [4.78, 5) is 38.9. The monoisotopic (exact) mass is 488 g/mol. The Morgan fingerprint density at radius 2 is 1.89 bits per heavy atom. The van der Waals surface area contributed by atoms with E-state index in [9.17, 15) is 14.4 Å². The van der Waals surface area contributed by atoms with Crippen molar-refractivity contribution < 1.29 is 28.6 Å². The molecule has 0 aliphatic carbocycles. The Kier molecular flexibility index (Phi) is 5.85. The minimum Gasteiger partial charge on any atom is -0.495 e. The number of hydrogen-bond acceptors (Lipinski definition) is 6. The predicted octanol–water partition coefficient (Wildman–Crippen LogP) is 3.36. The zero-order valence-corrected chi connectivity index (χ0v) is 20.0. The fourth-order valence-electron chi connectivity index (χ4n) is 4.31. The zero-order valence-electron chi connectivity index (χ0n) is 20.0. The number of aryl methyl sites for hydroxylation is 1. The van der Waals surface area contributed by atoms with E-state index in [-0.39, 0.29) is 12.5 Å². The predicted molar refractivity (Wildman–Crippen MR) is 131 cm³/mol. The number of rotatable bonds is 6. The summed E-state index contributed by atoms with van der Waals surface area (Å²) in [6.07, 6.45) is 1.62. The average molecular weight is 489 g/mol. The van der Waals surface area contributed by atoms with Crippen LogP contribution in [-0.2, 0) is 9.59 Å². The van der Waals surface area contributed by atoms with E-state index in [0.717, 1.165) is 27.5 Å². The molecular weight excluding hydrogens is 464 g/mol. The van der Waals surface area contributed by atoms with Crippen molar-refractivity contribution >= 4 is 29.6 Å². The molecule has 0 bridgehead atoms. The lowest BCUT2D eigenvalue weighted by Gasteiger charge is -2.13. The van der Waals surface area contributed by atoms with E-state index >= 15 is 0 Å². The Balaban J connectivity index is 1.35. The molecule has 0 saturated carbocycles. The summed E-state index contributed by atoms with van der Waals surface area (Å²) in [6.45, 7) is 3.62. The molecule has 2 aliphatic heterocycles. The van der Waals surface area contributed by atoms with Gasteiger partial charge in [0, 0.05) is 23.1 Å². The van der Waals surface area contributed by atoms with E-state index in [1.165, 1.54) is 7.11 Å². The second-order valence-corrected chi connectivity index (χ2v) is 8.33. The molecule has 0 unspecified atom stereocenters. The van der Waals surface area contributed by atoms with Crippen LogP contribution < -0.4 is 24.8 Å². The molecule has 1 saturated heterocycles. The van der Waals surface area contributed by atoms with Crippen molar-refractivity contribution in [3.63, 3.8) is 0 Å². The van der Waals surface area contributed by atoms with Gasteiger partial charge in [-0.3, -0.25) is 9.59 Å². The Bertz CT molecular complexity index is 1420. The molecule has 0 radical (unpaired) electrons. The number of fused-ring (bicyclic) bond motifs is 1. The molecule has 10 heteroatoms. The van der Waals surface area contributed by atoms with Crippen molar-refractivity contribution in [3.8, 4) is 22.9 Å². The van der Waals surface area contributed by atoms with Crippen molar-refractivity contribution in [2.24, 2.45) is 0 Å². The molecule has 0 spiro atoms. The fourth-order valence-corrected chi connectivity index (χ4v) is 4.31. The number of nitrogens with zero attached hydrogens (tertiary/aromatic N) is 2. The van der Waals surface area contributed by atoms with Crippen LogP contribution in [-0.4, -0.2) is 47.8 Å². The SMILES string of the molecule is COc1ccccc1NC(=O)CN1C(=O)N/C(=C/c2cc(C)n(-c3ccc4c(c3)OCO4)c2C)C1=O. The first-order valence-corrected chi connectivity index (χ1v) is 11.2. The maximum atomic E-state index is 13.0. The van der Waals surface area contributed by atoms with Crippen molar-refractivity contribution in [1.82, 2.24) is 14.8 Å². The van der Waals surface area contributed by atoms with Gasteiger partial charge in [-0.05, 0) is 55.8 Å². The number of methoxy groups -OCH3 is 1. The molecule has 5 rings (SSSR count). The molecule has 3 heterocycles. The molecular formula is C26H24N4O6. The lowest BCUT2D eigenvalue weighted by Crippen LogP contribution is -2.38. The van der Waals surface area contributed by atoms with Crippen LogP contribution in [0.25, 0.3) is 11.8 Å².